The van der Waals surface area contributed by atoms with Crippen LogP contribution < -0.4 is 4.90 Å². The fourth-order valence-corrected chi connectivity index (χ4v) is 5.57. The number of nitrogens with zero attached hydrogens (tertiary/aromatic N) is 3. The van der Waals surface area contributed by atoms with E-state index in [1.807, 2.05) is 29.7 Å². The van der Waals surface area contributed by atoms with Gasteiger partial charge >= 0.3 is 0 Å². The summed E-state index contributed by atoms with van der Waals surface area (Å²) in [6, 6.07) is 8.12. The quantitative estimate of drug-likeness (QED) is 0.693. The Balaban J connectivity index is 1.40. The van der Waals surface area contributed by atoms with Crippen molar-refractivity contribution in [2.75, 3.05) is 18.5 Å². The maximum Gasteiger partial charge on any atom is 0.234 e. The number of ether oxygens (including phenoxy) is 1. The van der Waals surface area contributed by atoms with Crippen LogP contribution in [0.2, 0.25) is 0 Å². The summed E-state index contributed by atoms with van der Waals surface area (Å²) in [5.74, 6) is -0.628. The highest BCUT2D eigenvalue weighted by molar-refractivity contribution is 7.09. The van der Waals surface area contributed by atoms with Crippen LogP contribution >= 0.6 is 11.3 Å². The molecule has 156 valence electrons. The van der Waals surface area contributed by atoms with E-state index in [4.69, 9.17) is 4.74 Å². The van der Waals surface area contributed by atoms with Crippen LogP contribution in [0.4, 0.5) is 5.69 Å². The molecule has 2 fully saturated rings. The Morgan fingerprint density at radius 2 is 2.13 bits per heavy atom. The molecule has 3 aliphatic rings. The zero-order valence-corrected chi connectivity index (χ0v) is 18.1. The molecule has 1 aromatic carbocycles. The van der Waals surface area contributed by atoms with Crippen molar-refractivity contribution in [2.24, 2.45) is 11.8 Å². The van der Waals surface area contributed by atoms with Crippen molar-refractivity contribution in [2.45, 2.75) is 38.0 Å². The van der Waals surface area contributed by atoms with Gasteiger partial charge in [0, 0.05) is 24.3 Å². The summed E-state index contributed by atoms with van der Waals surface area (Å²) in [5, 5.41) is 2.78. The minimum absolute atomic E-state index is 0.0276. The lowest BCUT2D eigenvalue weighted by molar-refractivity contribution is -0.139. The second kappa shape index (κ2) is 7.03. The molecule has 2 aromatic rings. The third-order valence-electron chi connectivity index (χ3n) is 6.49. The number of hydrogen-bond acceptors (Lipinski definition) is 5. The molecule has 2 amide bonds. The van der Waals surface area contributed by atoms with E-state index in [2.05, 4.69) is 31.0 Å². The number of carbonyl (C=O) groups excluding carboxylic acids is 2. The Kier molecular flexibility index (Phi) is 4.56. The van der Waals surface area contributed by atoms with Crippen LogP contribution in [0.5, 0.6) is 0 Å². The number of amides is 2. The SMILES string of the molecule is CC(C)c1ccc(N2C[C@]34C=C[C@H](O3)[C@@H](C(=O)N(C)Cc3nccs3)[C@H]4C2=O)cc1. The van der Waals surface area contributed by atoms with Gasteiger partial charge < -0.3 is 14.5 Å². The molecule has 2 saturated heterocycles. The summed E-state index contributed by atoms with van der Waals surface area (Å²) in [6.45, 7) is 5.19. The molecule has 0 unspecified atom stereocenters. The number of carbonyl (C=O) groups is 2. The Bertz CT molecular complexity index is 1000. The Morgan fingerprint density at radius 1 is 1.37 bits per heavy atom. The van der Waals surface area contributed by atoms with Crippen molar-refractivity contribution in [1.82, 2.24) is 9.88 Å². The first-order valence-corrected chi connectivity index (χ1v) is 11.2. The van der Waals surface area contributed by atoms with Gasteiger partial charge in [0.1, 0.15) is 10.6 Å². The molecule has 0 aliphatic carbocycles. The van der Waals surface area contributed by atoms with Crippen molar-refractivity contribution >= 4 is 28.8 Å². The first-order valence-electron chi connectivity index (χ1n) is 10.3. The molecule has 1 aromatic heterocycles. The predicted molar refractivity (Wildman–Crippen MR) is 115 cm³/mol. The largest absolute Gasteiger partial charge is 0.360 e. The third-order valence-corrected chi connectivity index (χ3v) is 7.25. The zero-order chi connectivity index (χ0) is 21.0. The molecule has 0 saturated carbocycles. The van der Waals surface area contributed by atoms with E-state index < -0.39 is 17.4 Å². The van der Waals surface area contributed by atoms with Crippen molar-refractivity contribution in [3.8, 4) is 0 Å². The van der Waals surface area contributed by atoms with E-state index in [9.17, 15) is 9.59 Å². The van der Waals surface area contributed by atoms with Crippen molar-refractivity contribution < 1.29 is 14.3 Å². The van der Waals surface area contributed by atoms with Crippen LogP contribution in [0, 0.1) is 11.8 Å². The van der Waals surface area contributed by atoms with Gasteiger partial charge in [-0.2, -0.15) is 0 Å². The molecule has 30 heavy (non-hydrogen) atoms. The second-order valence-corrected chi connectivity index (χ2v) is 9.67. The number of anilines is 1. The molecule has 6 nitrogen and oxygen atoms in total. The minimum Gasteiger partial charge on any atom is -0.360 e. The molecule has 0 radical (unpaired) electrons. The average molecular weight is 424 g/mol. The number of fused-ring (bicyclic) bond motifs is 1. The molecule has 2 bridgehead atoms. The van der Waals surface area contributed by atoms with Gasteiger partial charge in [0.2, 0.25) is 11.8 Å². The second-order valence-electron chi connectivity index (χ2n) is 8.69. The van der Waals surface area contributed by atoms with E-state index in [1.54, 1.807) is 23.0 Å². The standard InChI is InChI=1S/C23H25N3O3S/c1-14(2)15-4-6-16(7-5-15)26-13-23-9-8-17(29-23)19(20(23)22(26)28)21(27)25(3)12-18-24-10-11-30-18/h4-11,14,17,19-20H,12-13H2,1-3H3/t17-,19+,20-,23-/m0/s1. The number of hydrogen-bond donors (Lipinski definition) is 0. The summed E-state index contributed by atoms with van der Waals surface area (Å²) < 4.78 is 6.25. The molecule has 1 spiro atoms. The van der Waals surface area contributed by atoms with Crippen LogP contribution in [0.25, 0.3) is 0 Å². The molecular formula is C23H25N3O3S. The zero-order valence-electron chi connectivity index (χ0n) is 17.3. The minimum atomic E-state index is -0.708. The maximum absolute atomic E-state index is 13.5. The Labute approximate surface area is 180 Å². The van der Waals surface area contributed by atoms with Gasteiger partial charge in [0.15, 0.2) is 0 Å². The molecule has 4 heterocycles. The highest BCUT2D eigenvalue weighted by atomic mass is 32.1. The van der Waals surface area contributed by atoms with E-state index in [0.717, 1.165) is 10.7 Å². The summed E-state index contributed by atoms with van der Waals surface area (Å²) in [7, 11) is 1.77. The Morgan fingerprint density at radius 3 is 2.80 bits per heavy atom. The lowest BCUT2D eigenvalue weighted by Gasteiger charge is -2.27. The molecule has 4 atom stereocenters. The van der Waals surface area contributed by atoms with Crippen LogP contribution in [-0.4, -0.2) is 47.0 Å². The van der Waals surface area contributed by atoms with Gasteiger partial charge in [-0.1, -0.05) is 38.1 Å². The van der Waals surface area contributed by atoms with Crippen LogP contribution in [0.1, 0.15) is 30.3 Å². The van der Waals surface area contributed by atoms with Gasteiger partial charge in [0.05, 0.1) is 31.0 Å². The highest BCUT2D eigenvalue weighted by Gasteiger charge is 2.67. The summed E-state index contributed by atoms with van der Waals surface area (Å²) in [4.78, 5) is 34.5. The average Bonchev–Trinajstić information content (AvgIpc) is 3.50. The summed E-state index contributed by atoms with van der Waals surface area (Å²) >= 11 is 1.52. The number of aromatic nitrogens is 1. The van der Waals surface area contributed by atoms with E-state index >= 15 is 0 Å². The van der Waals surface area contributed by atoms with Crippen molar-refractivity contribution in [3.63, 3.8) is 0 Å². The number of benzene rings is 1. The lowest BCUT2D eigenvalue weighted by Crippen LogP contribution is -2.44. The third kappa shape index (κ3) is 2.91. The van der Waals surface area contributed by atoms with Crippen LogP contribution in [0.15, 0.2) is 48.0 Å². The molecule has 0 N–H and O–H groups in total. The van der Waals surface area contributed by atoms with E-state index in [1.165, 1.54) is 16.9 Å². The number of thiazole rings is 1. The fraction of sp³-hybridized carbons (Fsp3) is 0.435. The summed E-state index contributed by atoms with van der Waals surface area (Å²) in [6.07, 6.45) is 5.35. The maximum atomic E-state index is 13.5. The smallest absolute Gasteiger partial charge is 0.234 e. The Hall–Kier alpha value is -2.51. The first kappa shape index (κ1) is 19.5. The van der Waals surface area contributed by atoms with Crippen molar-refractivity contribution in [3.05, 3.63) is 58.6 Å². The monoisotopic (exact) mass is 423 g/mol. The normalized spacial score (nSPS) is 29.1. The molecular weight excluding hydrogens is 398 g/mol. The van der Waals surface area contributed by atoms with Gasteiger partial charge in [0.25, 0.3) is 0 Å². The summed E-state index contributed by atoms with van der Waals surface area (Å²) in [5.41, 5.74) is 1.38. The van der Waals surface area contributed by atoms with Gasteiger partial charge in [-0.15, -0.1) is 11.3 Å². The van der Waals surface area contributed by atoms with E-state index in [-0.39, 0.29) is 17.9 Å². The van der Waals surface area contributed by atoms with Gasteiger partial charge in [-0.05, 0) is 23.6 Å². The molecule has 3 aliphatic heterocycles. The van der Waals surface area contributed by atoms with E-state index in [0.29, 0.717) is 19.0 Å². The van der Waals surface area contributed by atoms with Gasteiger partial charge in [-0.3, -0.25) is 9.59 Å². The lowest BCUT2D eigenvalue weighted by atomic mass is 9.76. The van der Waals surface area contributed by atoms with Gasteiger partial charge in [-0.25, -0.2) is 4.98 Å². The number of rotatable bonds is 5. The predicted octanol–water partition coefficient (Wildman–Crippen LogP) is 3.21. The fourth-order valence-electron chi connectivity index (χ4n) is 4.90. The molecule has 5 rings (SSSR count). The highest BCUT2D eigenvalue weighted by Crippen LogP contribution is 2.53. The van der Waals surface area contributed by atoms with Crippen LogP contribution in [0.3, 0.4) is 0 Å². The van der Waals surface area contributed by atoms with Crippen molar-refractivity contribution in [1.29, 1.82) is 0 Å². The first-order chi connectivity index (χ1) is 14.4. The van der Waals surface area contributed by atoms with Crippen LogP contribution in [-0.2, 0) is 20.9 Å². The molecule has 7 heteroatoms. The topological polar surface area (TPSA) is 62.7 Å².